The van der Waals surface area contributed by atoms with Crippen molar-refractivity contribution >= 4 is 11.6 Å². The van der Waals surface area contributed by atoms with Crippen LogP contribution in [0.3, 0.4) is 0 Å². The molecule has 28 heavy (non-hydrogen) atoms. The Morgan fingerprint density at radius 3 is 2.54 bits per heavy atom. The number of nitrogens with zero attached hydrogens (tertiary/aromatic N) is 2. The van der Waals surface area contributed by atoms with Crippen LogP contribution in [0.4, 0.5) is 5.69 Å². The maximum Gasteiger partial charge on any atom is 0.193 e. The van der Waals surface area contributed by atoms with Crippen LogP contribution in [-0.2, 0) is 19.6 Å². The molecule has 0 unspecified atom stereocenters. The van der Waals surface area contributed by atoms with Gasteiger partial charge in [-0.3, -0.25) is 4.90 Å². The molecule has 3 aromatic rings. The zero-order valence-corrected chi connectivity index (χ0v) is 16.3. The average Bonchev–Trinajstić information content (AvgIpc) is 3.20. The second kappa shape index (κ2) is 9.62. The summed E-state index contributed by atoms with van der Waals surface area (Å²) in [5.74, 6) is 2.02. The largest absolute Gasteiger partial charge is 0.495 e. The lowest BCUT2D eigenvalue weighted by Gasteiger charge is -2.17. The van der Waals surface area contributed by atoms with Crippen LogP contribution in [0, 0.1) is 0 Å². The number of ether oxygens (including phenoxy) is 1. The maximum atomic E-state index is 6.08. The van der Waals surface area contributed by atoms with Gasteiger partial charge in [0.1, 0.15) is 11.5 Å². The zero-order chi connectivity index (χ0) is 19.8. The van der Waals surface area contributed by atoms with Gasteiger partial charge in [0.2, 0.25) is 0 Å². The molecule has 1 aromatic heterocycles. The van der Waals surface area contributed by atoms with Crippen LogP contribution in [0.1, 0.15) is 16.9 Å². The van der Waals surface area contributed by atoms with E-state index in [2.05, 4.69) is 34.4 Å². The van der Waals surface area contributed by atoms with Crippen molar-refractivity contribution in [1.29, 1.82) is 0 Å². The molecule has 0 aliphatic carbocycles. The monoisotopic (exact) mass is 378 g/mol. The highest BCUT2D eigenvalue weighted by molar-refractivity contribution is 5.93. The summed E-state index contributed by atoms with van der Waals surface area (Å²) in [5.41, 5.74) is 9.22. The molecular weight excluding hydrogens is 352 g/mol. The molecule has 0 aliphatic heterocycles. The molecule has 0 bridgehead atoms. The second-order valence-electron chi connectivity index (χ2n) is 6.55. The van der Waals surface area contributed by atoms with E-state index in [0.29, 0.717) is 12.5 Å². The smallest absolute Gasteiger partial charge is 0.193 e. The van der Waals surface area contributed by atoms with Gasteiger partial charge in [0, 0.05) is 6.54 Å². The second-order valence-corrected chi connectivity index (χ2v) is 6.55. The van der Waals surface area contributed by atoms with Gasteiger partial charge in [0.25, 0.3) is 0 Å². The van der Waals surface area contributed by atoms with Crippen molar-refractivity contribution in [3.63, 3.8) is 0 Å². The number of rotatable bonds is 8. The normalized spacial score (nSPS) is 11.6. The van der Waals surface area contributed by atoms with Crippen LogP contribution < -0.4 is 15.8 Å². The first-order valence-corrected chi connectivity index (χ1v) is 9.13. The van der Waals surface area contributed by atoms with Crippen molar-refractivity contribution < 1.29 is 9.15 Å². The number of aliphatic imine (C=N–C) groups is 1. The number of guanidine groups is 1. The molecule has 1 heterocycles. The Labute approximate surface area is 165 Å². The standard InChI is InChI=1S/C22H26N4O2/c1-26(16-19-10-7-13-28-19)15-18-9-4-3-8-17(18)14-24-22(23)25-20-11-5-6-12-21(20)27-2/h3-13H,14-16H2,1-2H3,(H3,23,24,25). The van der Waals surface area contributed by atoms with Crippen LogP contribution in [0.2, 0.25) is 0 Å². The van der Waals surface area contributed by atoms with Gasteiger partial charge in [-0.1, -0.05) is 36.4 Å². The van der Waals surface area contributed by atoms with E-state index in [9.17, 15) is 0 Å². The molecule has 6 heteroatoms. The summed E-state index contributed by atoms with van der Waals surface area (Å²) in [7, 11) is 3.70. The number of furan rings is 1. The third kappa shape index (κ3) is 5.37. The first-order chi connectivity index (χ1) is 13.7. The number of nitrogens with two attached hydrogens (primary N) is 1. The summed E-state index contributed by atoms with van der Waals surface area (Å²) in [6, 6.07) is 19.8. The summed E-state index contributed by atoms with van der Waals surface area (Å²) in [6.45, 7) is 2.05. The van der Waals surface area contributed by atoms with Crippen LogP contribution in [0.25, 0.3) is 0 Å². The molecule has 0 atom stereocenters. The first-order valence-electron chi connectivity index (χ1n) is 9.13. The Morgan fingerprint density at radius 1 is 1.04 bits per heavy atom. The molecule has 0 spiro atoms. The van der Waals surface area contributed by atoms with Gasteiger partial charge in [0.05, 0.1) is 32.1 Å². The maximum absolute atomic E-state index is 6.08. The molecule has 0 saturated carbocycles. The topological polar surface area (TPSA) is 76.0 Å². The van der Waals surface area contributed by atoms with E-state index in [1.54, 1.807) is 13.4 Å². The number of para-hydroxylation sites is 2. The molecule has 146 valence electrons. The van der Waals surface area contributed by atoms with E-state index in [4.69, 9.17) is 14.9 Å². The highest BCUT2D eigenvalue weighted by Gasteiger charge is 2.08. The van der Waals surface area contributed by atoms with E-state index < -0.39 is 0 Å². The molecule has 0 radical (unpaired) electrons. The summed E-state index contributed by atoms with van der Waals surface area (Å²) < 4.78 is 10.8. The fraction of sp³-hybridized carbons (Fsp3) is 0.227. The lowest BCUT2D eigenvalue weighted by Crippen LogP contribution is -2.23. The minimum absolute atomic E-state index is 0.350. The van der Waals surface area contributed by atoms with Crippen LogP contribution in [0.15, 0.2) is 76.3 Å². The van der Waals surface area contributed by atoms with E-state index >= 15 is 0 Å². The molecular formula is C22H26N4O2. The van der Waals surface area contributed by atoms with Gasteiger partial charge in [-0.15, -0.1) is 0 Å². The summed E-state index contributed by atoms with van der Waals surface area (Å²) in [5, 5.41) is 3.10. The minimum Gasteiger partial charge on any atom is -0.495 e. The van der Waals surface area contributed by atoms with Crippen molar-refractivity contribution in [2.45, 2.75) is 19.6 Å². The Hall–Kier alpha value is -3.25. The van der Waals surface area contributed by atoms with Gasteiger partial charge in [-0.2, -0.15) is 0 Å². The highest BCUT2D eigenvalue weighted by atomic mass is 16.5. The lowest BCUT2D eigenvalue weighted by molar-refractivity contribution is 0.287. The van der Waals surface area contributed by atoms with Crippen LogP contribution in [-0.4, -0.2) is 25.0 Å². The van der Waals surface area contributed by atoms with Crippen molar-refractivity contribution in [2.75, 3.05) is 19.5 Å². The quantitative estimate of drug-likeness (QED) is 0.460. The number of methoxy groups -OCH3 is 1. The zero-order valence-electron chi connectivity index (χ0n) is 16.3. The third-order valence-corrected chi connectivity index (χ3v) is 4.35. The fourth-order valence-corrected chi connectivity index (χ4v) is 2.98. The number of benzene rings is 2. The molecule has 0 aliphatic rings. The fourth-order valence-electron chi connectivity index (χ4n) is 2.98. The molecule has 0 saturated heterocycles. The number of anilines is 1. The van der Waals surface area contributed by atoms with E-state index in [0.717, 1.165) is 35.9 Å². The predicted octanol–water partition coefficient (Wildman–Crippen LogP) is 3.85. The van der Waals surface area contributed by atoms with E-state index in [1.807, 2.05) is 48.5 Å². The molecule has 0 fully saturated rings. The molecule has 6 nitrogen and oxygen atoms in total. The summed E-state index contributed by atoms with van der Waals surface area (Å²) in [6.07, 6.45) is 1.70. The van der Waals surface area contributed by atoms with E-state index in [-0.39, 0.29) is 0 Å². The lowest BCUT2D eigenvalue weighted by atomic mass is 10.1. The van der Waals surface area contributed by atoms with Gasteiger partial charge in [-0.05, 0) is 42.4 Å². The van der Waals surface area contributed by atoms with Gasteiger partial charge >= 0.3 is 0 Å². The molecule has 3 N–H and O–H groups in total. The van der Waals surface area contributed by atoms with Crippen molar-refractivity contribution in [3.8, 4) is 5.75 Å². The van der Waals surface area contributed by atoms with Crippen molar-refractivity contribution in [3.05, 3.63) is 83.8 Å². The molecule has 3 rings (SSSR count). The third-order valence-electron chi connectivity index (χ3n) is 4.35. The predicted molar refractivity (Wildman–Crippen MR) is 112 cm³/mol. The minimum atomic E-state index is 0.350. The molecule has 2 aromatic carbocycles. The number of hydrogen-bond donors (Lipinski definition) is 2. The van der Waals surface area contributed by atoms with E-state index in [1.165, 1.54) is 5.56 Å². The number of nitrogens with one attached hydrogen (secondary N) is 1. The highest BCUT2D eigenvalue weighted by Crippen LogP contribution is 2.22. The van der Waals surface area contributed by atoms with Gasteiger partial charge in [0.15, 0.2) is 5.96 Å². The van der Waals surface area contributed by atoms with Crippen molar-refractivity contribution in [1.82, 2.24) is 4.90 Å². The first kappa shape index (κ1) is 19.5. The van der Waals surface area contributed by atoms with Gasteiger partial charge < -0.3 is 20.2 Å². The summed E-state index contributed by atoms with van der Waals surface area (Å²) in [4.78, 5) is 6.71. The SMILES string of the molecule is COc1ccccc1NC(N)=NCc1ccccc1CN(C)Cc1ccco1. The Morgan fingerprint density at radius 2 is 1.79 bits per heavy atom. The van der Waals surface area contributed by atoms with Gasteiger partial charge in [-0.25, -0.2) is 4.99 Å². The van der Waals surface area contributed by atoms with Crippen LogP contribution >= 0.6 is 0 Å². The summed E-state index contributed by atoms with van der Waals surface area (Å²) >= 11 is 0. The molecule has 0 amide bonds. The Kier molecular flexibility index (Phi) is 6.70. The Bertz CT molecular complexity index is 906. The van der Waals surface area contributed by atoms with Crippen LogP contribution in [0.5, 0.6) is 5.75 Å². The number of hydrogen-bond acceptors (Lipinski definition) is 4. The average molecular weight is 378 g/mol. The van der Waals surface area contributed by atoms with Crippen molar-refractivity contribution in [2.24, 2.45) is 10.7 Å². The Balaban J connectivity index is 1.64.